The number of carbonyl (C=O) groups is 3. The number of benzene rings is 2. The summed E-state index contributed by atoms with van der Waals surface area (Å²) in [5.41, 5.74) is -2.36. The molecule has 2 aliphatic carbocycles. The largest absolute Gasteiger partial charge is 0.343 e. The molecule has 1 saturated heterocycles. The van der Waals surface area contributed by atoms with Crippen molar-refractivity contribution >= 4 is 28.5 Å². The monoisotopic (exact) mass is 599 g/mol. The summed E-state index contributed by atoms with van der Waals surface area (Å²) in [6.07, 6.45) is 4.73. The van der Waals surface area contributed by atoms with Gasteiger partial charge in [-0.05, 0) is 41.0 Å². The Kier molecular flexibility index (Phi) is 6.99. The second kappa shape index (κ2) is 10.4. The van der Waals surface area contributed by atoms with Crippen LogP contribution in [0.15, 0.2) is 67.0 Å². The number of nitrogens with one attached hydrogen (secondary N) is 2. The summed E-state index contributed by atoms with van der Waals surface area (Å²) in [5, 5.41) is 17.2. The predicted octanol–water partition coefficient (Wildman–Crippen LogP) is 4.80. The Bertz CT molecular complexity index is 1670. The Morgan fingerprint density at radius 2 is 1.68 bits per heavy atom. The smallest absolute Gasteiger partial charge is 0.268 e. The summed E-state index contributed by atoms with van der Waals surface area (Å²) in [7, 11) is 0. The minimum Gasteiger partial charge on any atom is -0.343 e. The molecule has 2 N–H and O–H groups in total. The van der Waals surface area contributed by atoms with E-state index >= 15 is 0 Å². The fourth-order valence-corrected chi connectivity index (χ4v) is 6.62. The maximum atomic E-state index is 14.9. The maximum absolute atomic E-state index is 14.9. The van der Waals surface area contributed by atoms with Crippen LogP contribution in [-0.2, 0) is 19.8 Å². The van der Waals surface area contributed by atoms with Crippen LogP contribution in [0.4, 0.5) is 8.78 Å². The Morgan fingerprint density at radius 1 is 1.02 bits per heavy atom. The summed E-state index contributed by atoms with van der Waals surface area (Å²) in [6, 6.07) is 14.5. The van der Waals surface area contributed by atoms with Gasteiger partial charge in [-0.2, -0.15) is 5.26 Å². The highest BCUT2D eigenvalue weighted by molar-refractivity contribution is 5.98. The molecular formula is C34H35F2N5O3. The third-order valence-corrected chi connectivity index (χ3v) is 9.51. The molecule has 228 valence electrons. The van der Waals surface area contributed by atoms with E-state index in [0.29, 0.717) is 18.5 Å². The fraction of sp³-hybridized carbons (Fsp3) is 0.441. The van der Waals surface area contributed by atoms with Crippen LogP contribution < -0.4 is 10.6 Å². The molecule has 3 aliphatic rings. The first-order valence-corrected chi connectivity index (χ1v) is 14.9. The average molecular weight is 600 g/mol. The number of hydrogen-bond acceptors (Lipinski definition) is 5. The van der Waals surface area contributed by atoms with Gasteiger partial charge in [0.25, 0.3) is 5.92 Å². The molecule has 1 aliphatic heterocycles. The van der Waals surface area contributed by atoms with Gasteiger partial charge >= 0.3 is 0 Å². The van der Waals surface area contributed by atoms with Gasteiger partial charge in [0.15, 0.2) is 0 Å². The van der Waals surface area contributed by atoms with Crippen LogP contribution in [0.25, 0.3) is 10.8 Å². The van der Waals surface area contributed by atoms with E-state index in [2.05, 4.69) is 21.7 Å². The zero-order chi connectivity index (χ0) is 31.5. The number of pyridine rings is 1. The van der Waals surface area contributed by atoms with E-state index in [4.69, 9.17) is 0 Å². The topological polar surface area (TPSA) is 115 Å². The number of nitrogens with zero attached hydrogens (tertiary/aromatic N) is 3. The molecule has 3 amide bonds. The normalized spacial score (nSPS) is 24.3. The van der Waals surface area contributed by atoms with Crippen LogP contribution in [0.5, 0.6) is 0 Å². The molecule has 2 saturated carbocycles. The van der Waals surface area contributed by atoms with Gasteiger partial charge in [-0.3, -0.25) is 19.4 Å². The standard InChI is InChI=1S/C34H35F2N5O3/c1-31(2,3)27(40-30(44)33(19-34(33,35)36)22-10-5-4-6-11-22)29(43)41-20-32(13-14-32)15-26(41)28(42)39-25(16-37)24-18-38-17-21-9-7-8-12-23(21)24/h4-12,17-18,25-27H,13-15,19-20H2,1-3H3,(H,39,42)(H,40,44)/t25?,26-,27+,33?/m0/s1. The second-order valence-corrected chi connectivity index (χ2v) is 13.6. The number of halogens is 2. The molecule has 1 aromatic heterocycles. The lowest BCUT2D eigenvalue weighted by Crippen LogP contribution is -2.59. The Balaban J connectivity index is 1.26. The summed E-state index contributed by atoms with van der Waals surface area (Å²) in [4.78, 5) is 47.5. The van der Waals surface area contributed by atoms with E-state index in [1.165, 1.54) is 17.0 Å². The third-order valence-electron chi connectivity index (χ3n) is 9.51. The van der Waals surface area contributed by atoms with Crippen LogP contribution in [0.3, 0.4) is 0 Å². The number of alkyl halides is 2. The zero-order valence-corrected chi connectivity index (χ0v) is 24.9. The number of amides is 3. The number of carbonyl (C=O) groups excluding carboxylic acids is 3. The molecule has 0 bridgehead atoms. The van der Waals surface area contributed by atoms with E-state index in [0.717, 1.165) is 23.6 Å². The van der Waals surface area contributed by atoms with Crippen LogP contribution in [0.2, 0.25) is 0 Å². The minimum absolute atomic E-state index is 0.198. The Morgan fingerprint density at radius 3 is 2.30 bits per heavy atom. The molecule has 1 spiro atoms. The first-order valence-electron chi connectivity index (χ1n) is 14.9. The summed E-state index contributed by atoms with van der Waals surface area (Å²) in [5.74, 6) is -5.13. The maximum Gasteiger partial charge on any atom is 0.268 e. The molecule has 2 heterocycles. The molecule has 8 nitrogen and oxygen atoms in total. The number of nitriles is 1. The number of rotatable bonds is 7. The quantitative estimate of drug-likeness (QED) is 0.405. The minimum atomic E-state index is -3.25. The van der Waals surface area contributed by atoms with E-state index in [-0.39, 0.29) is 11.0 Å². The fourth-order valence-electron chi connectivity index (χ4n) is 6.62. The van der Waals surface area contributed by atoms with Crippen LogP contribution in [0, 0.1) is 22.2 Å². The van der Waals surface area contributed by atoms with Crippen LogP contribution >= 0.6 is 0 Å². The summed E-state index contributed by atoms with van der Waals surface area (Å²) >= 11 is 0. The van der Waals surface area contributed by atoms with Gasteiger partial charge in [0, 0.05) is 36.3 Å². The van der Waals surface area contributed by atoms with Crippen molar-refractivity contribution in [3.8, 4) is 6.07 Å². The molecule has 2 unspecified atom stereocenters. The van der Waals surface area contributed by atoms with Crippen molar-refractivity contribution in [1.29, 1.82) is 5.26 Å². The highest BCUT2D eigenvalue weighted by Gasteiger charge is 2.77. The van der Waals surface area contributed by atoms with Gasteiger partial charge in [0.05, 0.1) is 6.07 Å². The molecule has 2 aromatic carbocycles. The molecule has 44 heavy (non-hydrogen) atoms. The third kappa shape index (κ3) is 4.98. The van der Waals surface area contributed by atoms with Gasteiger partial charge in [0.1, 0.15) is 23.5 Å². The zero-order valence-electron chi connectivity index (χ0n) is 24.9. The summed E-state index contributed by atoms with van der Waals surface area (Å²) < 4.78 is 29.7. The van der Waals surface area contributed by atoms with Crippen molar-refractivity contribution in [3.05, 3.63) is 78.1 Å². The lowest BCUT2D eigenvalue weighted by atomic mass is 9.84. The van der Waals surface area contributed by atoms with Crippen molar-refractivity contribution in [1.82, 2.24) is 20.5 Å². The van der Waals surface area contributed by atoms with Crippen molar-refractivity contribution in [2.75, 3.05) is 6.54 Å². The van der Waals surface area contributed by atoms with Gasteiger partial charge in [-0.15, -0.1) is 0 Å². The van der Waals surface area contributed by atoms with Gasteiger partial charge in [-0.25, -0.2) is 8.78 Å². The highest BCUT2D eigenvalue weighted by atomic mass is 19.3. The molecule has 4 atom stereocenters. The van der Waals surface area contributed by atoms with E-state index < -0.39 is 59.0 Å². The van der Waals surface area contributed by atoms with E-state index in [1.54, 1.807) is 51.4 Å². The van der Waals surface area contributed by atoms with Crippen LogP contribution in [-0.4, -0.2) is 52.2 Å². The first kappa shape index (κ1) is 29.7. The van der Waals surface area contributed by atoms with Crippen molar-refractivity contribution in [2.24, 2.45) is 10.8 Å². The highest BCUT2D eigenvalue weighted by Crippen LogP contribution is 2.62. The first-order chi connectivity index (χ1) is 20.8. The molecule has 10 heteroatoms. The van der Waals surface area contributed by atoms with Crippen molar-refractivity contribution in [2.45, 2.75) is 75.9 Å². The lowest BCUT2D eigenvalue weighted by Gasteiger charge is -2.36. The molecular weight excluding hydrogens is 564 g/mol. The molecule has 3 aromatic rings. The van der Waals surface area contributed by atoms with Crippen molar-refractivity contribution in [3.63, 3.8) is 0 Å². The number of aromatic nitrogens is 1. The Labute approximate surface area is 254 Å². The number of fused-ring (bicyclic) bond motifs is 1. The lowest BCUT2D eigenvalue weighted by molar-refractivity contribution is -0.144. The van der Waals surface area contributed by atoms with Crippen molar-refractivity contribution < 1.29 is 23.2 Å². The van der Waals surface area contributed by atoms with Crippen LogP contribution in [0.1, 0.15) is 63.6 Å². The second-order valence-electron chi connectivity index (χ2n) is 13.6. The Hall–Kier alpha value is -4.39. The predicted molar refractivity (Wildman–Crippen MR) is 159 cm³/mol. The SMILES string of the molecule is CC(C)(C)[C@H](NC(=O)C1(c2ccccc2)CC1(F)F)C(=O)N1CC2(CC2)C[C@H]1C(=O)NC(C#N)c1cncc2ccccc12. The van der Waals surface area contributed by atoms with Gasteiger partial charge in [-0.1, -0.05) is 75.4 Å². The van der Waals surface area contributed by atoms with Gasteiger partial charge < -0.3 is 15.5 Å². The number of hydrogen-bond donors (Lipinski definition) is 2. The molecule has 0 radical (unpaired) electrons. The molecule has 3 fully saturated rings. The van der Waals surface area contributed by atoms with Gasteiger partial charge in [0.2, 0.25) is 17.7 Å². The average Bonchev–Trinajstić information content (AvgIpc) is 3.84. The number of likely N-dealkylation sites (tertiary alicyclic amines) is 1. The van der Waals surface area contributed by atoms with E-state index in [1.807, 2.05) is 24.3 Å². The summed E-state index contributed by atoms with van der Waals surface area (Å²) in [6.45, 7) is 5.59. The molecule has 6 rings (SSSR count). The van der Waals surface area contributed by atoms with E-state index in [9.17, 15) is 28.4 Å².